The Morgan fingerprint density at radius 2 is 1.50 bits per heavy atom. The second-order valence-electron chi connectivity index (χ2n) is 3.80. The first-order valence-corrected chi connectivity index (χ1v) is 6.02. The van der Waals surface area contributed by atoms with Gasteiger partial charge in [0.05, 0.1) is 0 Å². The van der Waals surface area contributed by atoms with Gasteiger partial charge in [-0.25, -0.2) is 0 Å². The van der Waals surface area contributed by atoms with E-state index in [9.17, 15) is 24.0 Å². The first kappa shape index (κ1) is 15.6. The number of carbonyl (C=O) groups excluding carboxylic acids is 5. The third kappa shape index (κ3) is 3.53. The predicted octanol–water partition coefficient (Wildman–Crippen LogP) is 0.294. The number of carbonyl (C=O) groups is 5. The molecule has 0 saturated carbocycles. The second kappa shape index (κ2) is 6.64. The van der Waals surface area contributed by atoms with Crippen LogP contribution in [0.15, 0.2) is 0 Å². The van der Waals surface area contributed by atoms with Crippen LogP contribution in [0.2, 0.25) is 0 Å². The molecule has 0 bridgehead atoms. The summed E-state index contributed by atoms with van der Waals surface area (Å²) >= 11 is 0. The molecule has 1 aliphatic rings. The Labute approximate surface area is 114 Å². The highest BCUT2D eigenvalue weighted by Crippen LogP contribution is 2.13. The van der Waals surface area contributed by atoms with Gasteiger partial charge in [0.25, 0.3) is 23.6 Å². The number of amides is 4. The Bertz CT molecular complexity index is 428. The van der Waals surface area contributed by atoms with Crippen LogP contribution in [0.5, 0.6) is 0 Å². The molecule has 0 N–H and O–H groups in total. The highest BCUT2D eigenvalue weighted by Gasteiger charge is 2.35. The zero-order chi connectivity index (χ0) is 15.3. The Hall–Kier alpha value is -2.45. The summed E-state index contributed by atoms with van der Waals surface area (Å²) < 4.78 is 0. The fourth-order valence-electron chi connectivity index (χ4n) is 1.35. The molecule has 0 aromatic carbocycles. The fourth-order valence-corrected chi connectivity index (χ4v) is 1.35. The van der Waals surface area contributed by atoms with Crippen molar-refractivity contribution in [3.05, 3.63) is 0 Å². The van der Waals surface area contributed by atoms with Crippen molar-refractivity contribution in [2.24, 2.45) is 0 Å². The number of rotatable bonds is 3. The highest BCUT2D eigenvalue weighted by molar-refractivity contribution is 6.01. The summed E-state index contributed by atoms with van der Waals surface area (Å²) in [6.07, 6.45) is -1.78. The van der Waals surface area contributed by atoms with Crippen molar-refractivity contribution >= 4 is 29.8 Å². The molecule has 1 fully saturated rings. The van der Waals surface area contributed by atoms with Gasteiger partial charge in [-0.1, -0.05) is 24.0 Å². The molecule has 4 amide bonds. The molecule has 1 aliphatic heterocycles. The molecule has 0 aromatic heterocycles. The minimum absolute atomic E-state index is 0.0689. The molecule has 0 radical (unpaired) electrons. The largest absolute Gasteiger partial charge is 0.560 e. The maximum absolute atomic E-state index is 11.4. The molecule has 1 saturated heterocycles. The maximum Gasteiger partial charge on any atom is 0.560 e. The van der Waals surface area contributed by atoms with E-state index in [1.807, 2.05) is 0 Å². The van der Waals surface area contributed by atoms with Crippen molar-refractivity contribution in [1.82, 2.24) is 10.1 Å². The summed E-state index contributed by atoms with van der Waals surface area (Å²) in [6, 6.07) is 0. The molecule has 0 unspecified atom stereocenters. The van der Waals surface area contributed by atoms with Gasteiger partial charge in [0.2, 0.25) is 0 Å². The van der Waals surface area contributed by atoms with Gasteiger partial charge in [0, 0.05) is 25.7 Å². The topological polar surface area (TPSA) is 110 Å². The minimum atomic E-state index is -1.50. The van der Waals surface area contributed by atoms with Gasteiger partial charge in [-0.05, 0) is 0 Å². The van der Waals surface area contributed by atoms with Crippen molar-refractivity contribution < 1.29 is 33.6 Å². The van der Waals surface area contributed by atoms with Crippen molar-refractivity contribution in [1.29, 1.82) is 0 Å². The van der Waals surface area contributed by atoms with E-state index < -0.39 is 29.8 Å². The van der Waals surface area contributed by atoms with Crippen molar-refractivity contribution in [2.75, 3.05) is 0 Å². The summed E-state index contributed by atoms with van der Waals surface area (Å²) in [5, 5.41) is 0.515. The molecule has 9 heteroatoms. The maximum atomic E-state index is 11.4. The van der Waals surface area contributed by atoms with Gasteiger partial charge < -0.3 is 0 Å². The molecule has 1 heterocycles. The van der Waals surface area contributed by atoms with Crippen LogP contribution in [0, 0.1) is 0 Å². The van der Waals surface area contributed by atoms with Crippen LogP contribution in [0.25, 0.3) is 0 Å². The summed E-state index contributed by atoms with van der Waals surface area (Å²) in [5.41, 5.74) is 0. The van der Waals surface area contributed by atoms with E-state index in [-0.39, 0.29) is 35.8 Å². The van der Waals surface area contributed by atoms with E-state index in [1.54, 1.807) is 0 Å². The molecule has 0 atom stereocenters. The molecule has 1 rings (SSSR count). The lowest BCUT2D eigenvalue weighted by atomic mass is 10.4. The minimum Gasteiger partial charge on any atom is -0.293 e. The lowest BCUT2D eigenvalue weighted by molar-refractivity contribution is -0.202. The van der Waals surface area contributed by atoms with Gasteiger partial charge >= 0.3 is 6.16 Å². The molecule has 0 aromatic rings. The van der Waals surface area contributed by atoms with Crippen LogP contribution in [0.4, 0.5) is 4.79 Å². The smallest absolute Gasteiger partial charge is 0.293 e. The van der Waals surface area contributed by atoms with E-state index in [2.05, 4.69) is 9.68 Å². The number of hydrogen-bond donors (Lipinski definition) is 0. The Kier molecular flexibility index (Phi) is 5.18. The van der Waals surface area contributed by atoms with Gasteiger partial charge in [-0.3, -0.25) is 28.9 Å². The number of nitrogens with zero attached hydrogens (tertiary/aromatic N) is 2. The van der Waals surface area contributed by atoms with Crippen molar-refractivity contribution in [3.8, 4) is 0 Å². The molecule has 20 heavy (non-hydrogen) atoms. The van der Waals surface area contributed by atoms with E-state index in [0.717, 1.165) is 0 Å². The number of imide groups is 2. The lowest BCUT2D eigenvalue weighted by Gasteiger charge is -2.19. The van der Waals surface area contributed by atoms with Gasteiger partial charge in [0.1, 0.15) is 0 Å². The summed E-state index contributed by atoms with van der Waals surface area (Å²) in [6.45, 7) is 2.95. The van der Waals surface area contributed by atoms with E-state index in [4.69, 9.17) is 0 Å². The van der Waals surface area contributed by atoms with Gasteiger partial charge in [0.15, 0.2) is 0 Å². The van der Waals surface area contributed by atoms with Crippen LogP contribution >= 0.6 is 0 Å². The third-order valence-corrected chi connectivity index (χ3v) is 2.40. The number of hydrogen-bond acceptors (Lipinski definition) is 7. The van der Waals surface area contributed by atoms with E-state index >= 15 is 0 Å². The Morgan fingerprint density at radius 3 is 1.90 bits per heavy atom. The predicted molar refractivity (Wildman–Crippen MR) is 61.1 cm³/mol. The van der Waals surface area contributed by atoms with Crippen LogP contribution < -0.4 is 0 Å². The average Bonchev–Trinajstić information content (AvgIpc) is 2.74. The van der Waals surface area contributed by atoms with E-state index in [0.29, 0.717) is 0 Å². The Balaban J connectivity index is 2.67. The first-order chi connectivity index (χ1) is 9.40. The Morgan fingerprint density at radius 1 is 1.05 bits per heavy atom. The summed E-state index contributed by atoms with van der Waals surface area (Å²) in [5.74, 6) is -2.87. The molecule has 110 valence electrons. The normalized spacial score (nSPS) is 14.2. The van der Waals surface area contributed by atoms with Crippen molar-refractivity contribution in [2.45, 2.75) is 39.5 Å². The second-order valence-corrected chi connectivity index (χ2v) is 3.80. The van der Waals surface area contributed by atoms with Crippen LogP contribution in [-0.2, 0) is 28.9 Å². The van der Waals surface area contributed by atoms with Crippen LogP contribution in [-0.4, -0.2) is 39.9 Å². The first-order valence-electron chi connectivity index (χ1n) is 6.02. The fraction of sp³-hybridized carbons (Fsp3) is 0.545. The third-order valence-electron chi connectivity index (χ3n) is 2.40. The van der Waals surface area contributed by atoms with Crippen molar-refractivity contribution in [3.63, 3.8) is 0 Å². The lowest BCUT2D eigenvalue weighted by Crippen LogP contribution is -2.40. The standard InChI is InChI=1S/C11H14N2O7/c1-3-7(14)12(8(15)4-2)19-11(18)20-13-9(16)5-6-10(13)17/h3-6H2,1-2H3. The molecule has 0 spiro atoms. The zero-order valence-corrected chi connectivity index (χ0v) is 11.1. The SMILES string of the molecule is CCC(=O)N(OC(=O)ON1C(=O)CCC1=O)C(=O)CC. The van der Waals surface area contributed by atoms with Crippen LogP contribution in [0.3, 0.4) is 0 Å². The molecule has 9 nitrogen and oxygen atoms in total. The quantitative estimate of drug-likeness (QED) is 0.541. The summed E-state index contributed by atoms with van der Waals surface area (Å²) in [7, 11) is 0. The van der Waals surface area contributed by atoms with Gasteiger partial charge in [-0.2, -0.15) is 4.79 Å². The number of hydroxylamine groups is 4. The molecular formula is C11H14N2O7. The highest BCUT2D eigenvalue weighted by atomic mass is 16.9. The van der Waals surface area contributed by atoms with E-state index in [1.165, 1.54) is 13.8 Å². The monoisotopic (exact) mass is 286 g/mol. The van der Waals surface area contributed by atoms with Gasteiger partial charge in [-0.15, -0.1) is 0 Å². The molecule has 0 aliphatic carbocycles. The summed E-state index contributed by atoms with van der Waals surface area (Å²) in [4.78, 5) is 65.5. The van der Waals surface area contributed by atoms with Crippen LogP contribution in [0.1, 0.15) is 39.5 Å². The average molecular weight is 286 g/mol. The molecular weight excluding hydrogens is 272 g/mol. The zero-order valence-electron chi connectivity index (χ0n) is 11.1.